The Hall–Kier alpha value is -0.670. The molecule has 0 aromatic heterocycles. The van der Waals surface area contributed by atoms with Gasteiger partial charge in [0.1, 0.15) is 0 Å². The molecule has 2 rings (SSSR count). The molecule has 1 saturated carbocycles. The number of aliphatic hydroxyl groups is 1. The first kappa shape index (κ1) is 16.7. The lowest BCUT2D eigenvalue weighted by Gasteiger charge is -2.12. The summed E-state index contributed by atoms with van der Waals surface area (Å²) in [6, 6.07) is 2.21. The number of sulfonamides is 1. The van der Waals surface area contributed by atoms with Crippen molar-refractivity contribution >= 4 is 43.5 Å². The first-order valence-electron chi connectivity index (χ1n) is 6.12. The van der Waals surface area contributed by atoms with Crippen LogP contribution in [0.2, 0.25) is 5.02 Å². The fraction of sp³-hybridized carbons (Fsp3) is 0.417. The van der Waals surface area contributed by atoms with Gasteiger partial charge in [-0.1, -0.05) is 11.6 Å². The Morgan fingerprint density at radius 2 is 2.10 bits per heavy atom. The Morgan fingerprint density at radius 1 is 1.48 bits per heavy atom. The maximum atomic E-state index is 12.1. The summed E-state index contributed by atoms with van der Waals surface area (Å²) in [4.78, 5) is 10.8. The monoisotopic (exact) mass is 397 g/mol. The lowest BCUT2D eigenvalue weighted by atomic mass is 10.2. The Kier molecular flexibility index (Phi) is 4.94. The molecule has 1 atom stereocenters. The summed E-state index contributed by atoms with van der Waals surface area (Å²) >= 11 is 8.84. The molecule has 0 saturated heterocycles. The maximum absolute atomic E-state index is 12.1. The Labute approximate surface area is 135 Å². The third kappa shape index (κ3) is 3.95. The average molecular weight is 399 g/mol. The Morgan fingerprint density at radius 3 is 2.62 bits per heavy atom. The maximum Gasteiger partial charge on any atom is 0.337 e. The highest BCUT2D eigenvalue weighted by molar-refractivity contribution is 9.10. The summed E-state index contributed by atoms with van der Waals surface area (Å²) < 4.78 is 26.7. The molecule has 6 nitrogen and oxygen atoms in total. The average Bonchev–Trinajstić information content (AvgIpc) is 3.23. The second-order valence-electron chi connectivity index (χ2n) is 4.83. The van der Waals surface area contributed by atoms with Crippen LogP contribution in [0.15, 0.2) is 21.5 Å². The third-order valence-electron chi connectivity index (χ3n) is 3.19. The van der Waals surface area contributed by atoms with Gasteiger partial charge in [0.25, 0.3) is 0 Å². The van der Waals surface area contributed by atoms with Crippen LogP contribution in [-0.2, 0) is 10.0 Å². The van der Waals surface area contributed by atoms with Crippen molar-refractivity contribution in [2.45, 2.75) is 23.8 Å². The molecule has 1 aromatic carbocycles. The van der Waals surface area contributed by atoms with Gasteiger partial charge in [0.05, 0.1) is 21.6 Å². The molecule has 0 radical (unpaired) electrons. The van der Waals surface area contributed by atoms with E-state index in [4.69, 9.17) is 16.7 Å². The summed E-state index contributed by atoms with van der Waals surface area (Å²) in [5, 5.41) is 18.6. The number of hydrogen-bond acceptors (Lipinski definition) is 4. The van der Waals surface area contributed by atoms with E-state index in [0.29, 0.717) is 0 Å². The number of hydrogen-bond donors (Lipinski definition) is 3. The fourth-order valence-electron chi connectivity index (χ4n) is 1.80. The molecule has 1 fully saturated rings. The molecule has 0 bridgehead atoms. The van der Waals surface area contributed by atoms with Crippen molar-refractivity contribution < 1.29 is 23.4 Å². The highest BCUT2D eigenvalue weighted by Gasteiger charge is 2.31. The largest absolute Gasteiger partial charge is 0.478 e. The van der Waals surface area contributed by atoms with Gasteiger partial charge in [0.15, 0.2) is 0 Å². The Bertz CT molecular complexity index is 674. The van der Waals surface area contributed by atoms with E-state index in [0.717, 1.165) is 18.9 Å². The van der Waals surface area contributed by atoms with Gasteiger partial charge in [-0.3, -0.25) is 0 Å². The van der Waals surface area contributed by atoms with Gasteiger partial charge < -0.3 is 10.2 Å². The molecule has 0 amide bonds. The minimum Gasteiger partial charge on any atom is -0.478 e. The summed E-state index contributed by atoms with van der Waals surface area (Å²) in [5.41, 5.74) is -0.311. The van der Waals surface area contributed by atoms with Crippen LogP contribution in [0.25, 0.3) is 0 Å². The van der Waals surface area contributed by atoms with E-state index in [1.165, 1.54) is 6.07 Å². The van der Waals surface area contributed by atoms with Crippen molar-refractivity contribution in [1.29, 1.82) is 0 Å². The van der Waals surface area contributed by atoms with E-state index in [-0.39, 0.29) is 32.4 Å². The van der Waals surface area contributed by atoms with Crippen molar-refractivity contribution in [2.24, 2.45) is 5.92 Å². The van der Waals surface area contributed by atoms with Crippen LogP contribution in [0.5, 0.6) is 0 Å². The van der Waals surface area contributed by atoms with Crippen molar-refractivity contribution in [1.82, 2.24) is 4.72 Å². The van der Waals surface area contributed by atoms with E-state index in [1.807, 2.05) is 0 Å². The summed E-state index contributed by atoms with van der Waals surface area (Å²) in [6.45, 7) is -0.102. The molecule has 1 aromatic rings. The van der Waals surface area contributed by atoms with E-state index >= 15 is 0 Å². The standard InChI is InChI=1S/C12H13BrClNO5S/c13-9-4-7(3-8(11(9)14)12(17)18)21(19,20)15-5-10(16)6-1-2-6/h3-4,6,10,15-16H,1-2,5H2,(H,17,18). The second-order valence-corrected chi connectivity index (χ2v) is 7.83. The van der Waals surface area contributed by atoms with Crippen LogP contribution >= 0.6 is 27.5 Å². The van der Waals surface area contributed by atoms with Crippen LogP contribution in [-0.4, -0.2) is 37.2 Å². The summed E-state index contributed by atoms with van der Waals surface area (Å²) in [7, 11) is -3.92. The second kappa shape index (κ2) is 6.21. The molecule has 1 aliphatic rings. The van der Waals surface area contributed by atoms with Gasteiger partial charge in [-0.15, -0.1) is 0 Å². The molecular weight excluding hydrogens is 386 g/mol. The number of carboxylic acid groups (broad SMARTS) is 1. The van der Waals surface area contributed by atoms with Gasteiger partial charge in [-0.2, -0.15) is 0 Å². The molecule has 0 aliphatic heterocycles. The molecule has 9 heteroatoms. The summed E-state index contributed by atoms with van der Waals surface area (Å²) in [6.07, 6.45) is 1.05. The highest BCUT2D eigenvalue weighted by Crippen LogP contribution is 2.33. The van der Waals surface area contributed by atoms with Crippen molar-refractivity contribution in [3.63, 3.8) is 0 Å². The van der Waals surface area contributed by atoms with Gasteiger partial charge in [0.2, 0.25) is 10.0 Å². The summed E-state index contributed by atoms with van der Waals surface area (Å²) in [5.74, 6) is -1.19. The predicted octanol–water partition coefficient (Wildman–Crippen LogP) is 1.85. The molecule has 116 valence electrons. The smallest absolute Gasteiger partial charge is 0.337 e. The van der Waals surface area contributed by atoms with E-state index in [2.05, 4.69) is 20.7 Å². The quantitative estimate of drug-likeness (QED) is 0.678. The number of rotatable bonds is 6. The molecule has 3 N–H and O–H groups in total. The van der Waals surface area contributed by atoms with Crippen molar-refractivity contribution in [3.8, 4) is 0 Å². The molecule has 1 aliphatic carbocycles. The first-order valence-corrected chi connectivity index (χ1v) is 8.78. The van der Waals surface area contributed by atoms with Gasteiger partial charge in [0, 0.05) is 11.0 Å². The van der Waals surface area contributed by atoms with Crippen LogP contribution in [0, 0.1) is 5.92 Å². The van der Waals surface area contributed by atoms with E-state index < -0.39 is 22.1 Å². The molecule has 0 spiro atoms. The molecule has 0 heterocycles. The zero-order valence-corrected chi connectivity index (χ0v) is 13.9. The minimum absolute atomic E-state index is 0.0699. The molecule has 1 unspecified atom stereocenters. The lowest BCUT2D eigenvalue weighted by molar-refractivity contribution is 0.0696. The van der Waals surface area contributed by atoms with E-state index in [1.54, 1.807) is 0 Å². The van der Waals surface area contributed by atoms with Crippen LogP contribution in [0.1, 0.15) is 23.2 Å². The number of benzene rings is 1. The van der Waals surface area contributed by atoms with Crippen molar-refractivity contribution in [2.75, 3.05) is 6.54 Å². The number of aromatic carboxylic acids is 1. The fourth-order valence-corrected chi connectivity index (χ4v) is 3.71. The predicted molar refractivity (Wildman–Crippen MR) is 80.0 cm³/mol. The van der Waals surface area contributed by atoms with Crippen molar-refractivity contribution in [3.05, 3.63) is 27.2 Å². The lowest BCUT2D eigenvalue weighted by Crippen LogP contribution is -2.33. The number of nitrogens with one attached hydrogen (secondary N) is 1. The SMILES string of the molecule is O=C(O)c1cc(S(=O)(=O)NCC(O)C2CC2)cc(Br)c1Cl. The molecular formula is C12H13BrClNO5S. The zero-order valence-electron chi connectivity index (χ0n) is 10.7. The van der Waals surface area contributed by atoms with E-state index in [9.17, 15) is 18.3 Å². The van der Waals surface area contributed by atoms with Crippen LogP contribution in [0.4, 0.5) is 0 Å². The van der Waals surface area contributed by atoms with Crippen LogP contribution < -0.4 is 4.72 Å². The van der Waals surface area contributed by atoms with Gasteiger partial charge in [-0.25, -0.2) is 17.9 Å². The number of carbonyl (C=O) groups is 1. The number of halogens is 2. The first-order chi connectivity index (χ1) is 9.72. The topological polar surface area (TPSA) is 104 Å². The molecule has 21 heavy (non-hydrogen) atoms. The highest BCUT2D eigenvalue weighted by atomic mass is 79.9. The Balaban J connectivity index is 2.24. The minimum atomic E-state index is -3.92. The third-order valence-corrected chi connectivity index (χ3v) is 5.85. The zero-order chi connectivity index (χ0) is 15.8. The number of carboxylic acids is 1. The normalized spacial score (nSPS) is 16.7. The van der Waals surface area contributed by atoms with Gasteiger partial charge in [-0.05, 0) is 46.8 Å². The van der Waals surface area contributed by atoms with Gasteiger partial charge >= 0.3 is 5.97 Å². The number of aliphatic hydroxyl groups excluding tert-OH is 1. The van der Waals surface area contributed by atoms with Crippen LogP contribution in [0.3, 0.4) is 0 Å².